The molecule has 1 atom stereocenters. The Kier molecular flexibility index (Phi) is 6.45. The molecular weight excluding hydrogens is 383 g/mol. The minimum atomic E-state index is -0.293. The first-order valence-corrected chi connectivity index (χ1v) is 10.1. The van der Waals surface area contributed by atoms with Crippen LogP contribution in [0.5, 0.6) is 0 Å². The van der Waals surface area contributed by atoms with Crippen LogP contribution >= 0.6 is 23.2 Å². The molecule has 1 aromatic carbocycles. The number of hydrogen-bond donors (Lipinski definition) is 0. The van der Waals surface area contributed by atoms with Gasteiger partial charge in [-0.15, -0.1) is 0 Å². The highest BCUT2D eigenvalue weighted by Gasteiger charge is 2.29. The smallest absolute Gasteiger partial charge is 0.247 e. The van der Waals surface area contributed by atoms with E-state index in [-0.39, 0.29) is 11.9 Å². The summed E-state index contributed by atoms with van der Waals surface area (Å²) in [6.07, 6.45) is 0.697. The number of amides is 1. The molecule has 2 heterocycles. The van der Waals surface area contributed by atoms with Crippen LogP contribution in [0.1, 0.15) is 36.3 Å². The van der Waals surface area contributed by atoms with Gasteiger partial charge in [0.2, 0.25) is 5.91 Å². The molecule has 1 aromatic heterocycles. The normalized spacial score (nSPS) is 16.6. The van der Waals surface area contributed by atoms with Crippen LogP contribution in [0, 0.1) is 13.8 Å². The number of piperazine rings is 1. The lowest BCUT2D eigenvalue weighted by Gasteiger charge is -2.36. The van der Waals surface area contributed by atoms with Gasteiger partial charge in [0.25, 0.3) is 0 Å². The van der Waals surface area contributed by atoms with E-state index < -0.39 is 0 Å². The maximum atomic E-state index is 13.1. The fourth-order valence-corrected chi connectivity index (χ4v) is 3.83. The molecule has 0 N–H and O–H groups in total. The third-order valence-electron chi connectivity index (χ3n) is 5.21. The summed E-state index contributed by atoms with van der Waals surface area (Å²) in [5.74, 6) is 0.130. The molecule has 146 valence electrons. The van der Waals surface area contributed by atoms with Gasteiger partial charge in [0.15, 0.2) is 0 Å². The lowest BCUT2D eigenvalue weighted by molar-refractivity contribution is -0.137. The summed E-state index contributed by atoms with van der Waals surface area (Å²) in [5.41, 5.74) is 2.87. The molecule has 27 heavy (non-hydrogen) atoms. The summed E-state index contributed by atoms with van der Waals surface area (Å²) >= 11 is 12.2. The summed E-state index contributed by atoms with van der Waals surface area (Å²) in [6, 6.07) is 7.66. The zero-order valence-corrected chi connectivity index (χ0v) is 17.6. The molecule has 1 fully saturated rings. The van der Waals surface area contributed by atoms with Crippen LogP contribution in [0.15, 0.2) is 24.3 Å². The Hall–Kier alpha value is -1.56. The van der Waals surface area contributed by atoms with Gasteiger partial charge in [-0.2, -0.15) is 5.10 Å². The van der Waals surface area contributed by atoms with Crippen molar-refractivity contribution in [2.75, 3.05) is 26.2 Å². The average Bonchev–Trinajstić information content (AvgIpc) is 2.92. The van der Waals surface area contributed by atoms with Gasteiger partial charge in [-0.3, -0.25) is 14.4 Å². The molecular formula is C20H26Cl2N4O. The largest absolute Gasteiger partial charge is 0.338 e. The van der Waals surface area contributed by atoms with Gasteiger partial charge in [-0.05, 0) is 38.0 Å². The number of carbonyl (C=O) groups is 1. The highest BCUT2D eigenvalue weighted by Crippen LogP contribution is 2.25. The van der Waals surface area contributed by atoms with Gasteiger partial charge < -0.3 is 4.90 Å². The second-order valence-corrected chi connectivity index (χ2v) is 7.90. The zero-order valence-electron chi connectivity index (χ0n) is 16.1. The molecule has 0 bridgehead atoms. The van der Waals surface area contributed by atoms with Crippen LogP contribution in [0.2, 0.25) is 10.0 Å². The van der Waals surface area contributed by atoms with Gasteiger partial charge in [0, 0.05) is 37.7 Å². The van der Waals surface area contributed by atoms with Crippen molar-refractivity contribution in [3.8, 4) is 0 Å². The molecule has 3 rings (SSSR count). The van der Waals surface area contributed by atoms with Crippen LogP contribution < -0.4 is 0 Å². The quantitative estimate of drug-likeness (QED) is 0.747. The first-order chi connectivity index (χ1) is 12.9. The minimum absolute atomic E-state index is 0.130. The minimum Gasteiger partial charge on any atom is -0.338 e. The zero-order chi connectivity index (χ0) is 19.6. The Labute approximate surface area is 170 Å². The average molecular weight is 409 g/mol. The van der Waals surface area contributed by atoms with Gasteiger partial charge in [-0.1, -0.05) is 42.3 Å². The second kappa shape index (κ2) is 8.63. The molecule has 1 aliphatic heterocycles. The van der Waals surface area contributed by atoms with E-state index in [0.717, 1.165) is 49.1 Å². The van der Waals surface area contributed by atoms with Crippen LogP contribution in [-0.4, -0.2) is 51.7 Å². The predicted octanol–water partition coefficient (Wildman–Crippen LogP) is 4.10. The Bertz CT molecular complexity index is 795. The summed E-state index contributed by atoms with van der Waals surface area (Å²) in [4.78, 5) is 17.4. The lowest BCUT2D eigenvalue weighted by Crippen LogP contribution is -2.50. The van der Waals surface area contributed by atoms with Crippen molar-refractivity contribution < 1.29 is 4.79 Å². The molecule has 0 radical (unpaired) electrons. The topological polar surface area (TPSA) is 41.4 Å². The molecule has 5 nitrogen and oxygen atoms in total. The van der Waals surface area contributed by atoms with Crippen molar-refractivity contribution in [3.63, 3.8) is 0 Å². The summed E-state index contributed by atoms with van der Waals surface area (Å²) in [6.45, 7) is 9.88. The van der Waals surface area contributed by atoms with Crippen LogP contribution in [-0.2, 0) is 11.3 Å². The number of carbonyl (C=O) groups excluding carboxylic acids is 1. The maximum absolute atomic E-state index is 13.1. The monoisotopic (exact) mass is 408 g/mol. The number of halogens is 2. The standard InChI is InChI=1S/C20H26Cl2N4O/c1-4-18(26-15(3)19(22)14(2)23-26)20(27)25-11-9-24(10-12-25)13-16-5-7-17(21)8-6-16/h5-8,18H,4,9-13H2,1-3H3. The van der Waals surface area contributed by atoms with E-state index in [1.165, 1.54) is 5.56 Å². The molecule has 1 aliphatic rings. The van der Waals surface area contributed by atoms with E-state index in [0.29, 0.717) is 11.4 Å². The fraction of sp³-hybridized carbons (Fsp3) is 0.500. The van der Waals surface area contributed by atoms with E-state index in [4.69, 9.17) is 23.2 Å². The number of benzene rings is 1. The van der Waals surface area contributed by atoms with Crippen molar-refractivity contribution >= 4 is 29.1 Å². The number of rotatable bonds is 5. The highest BCUT2D eigenvalue weighted by molar-refractivity contribution is 6.31. The lowest BCUT2D eigenvalue weighted by atomic mass is 10.1. The number of nitrogens with zero attached hydrogens (tertiary/aromatic N) is 4. The SMILES string of the molecule is CCC(C(=O)N1CCN(Cc2ccc(Cl)cc2)CC1)n1nc(C)c(Cl)c1C. The Morgan fingerprint density at radius 1 is 1.11 bits per heavy atom. The van der Waals surface area contributed by atoms with Crippen LogP contribution in [0.3, 0.4) is 0 Å². The summed E-state index contributed by atoms with van der Waals surface area (Å²) < 4.78 is 1.79. The van der Waals surface area contributed by atoms with Crippen molar-refractivity contribution in [1.82, 2.24) is 19.6 Å². The van der Waals surface area contributed by atoms with E-state index in [1.807, 2.05) is 37.8 Å². The summed E-state index contributed by atoms with van der Waals surface area (Å²) in [5, 5.41) is 5.89. The highest BCUT2D eigenvalue weighted by atomic mass is 35.5. The molecule has 2 aromatic rings. The molecule has 0 aliphatic carbocycles. The molecule has 0 spiro atoms. The molecule has 7 heteroatoms. The summed E-state index contributed by atoms with van der Waals surface area (Å²) in [7, 11) is 0. The fourth-order valence-electron chi connectivity index (χ4n) is 3.58. The third kappa shape index (κ3) is 4.48. The van der Waals surface area contributed by atoms with Crippen molar-refractivity contribution in [2.24, 2.45) is 0 Å². The van der Waals surface area contributed by atoms with Gasteiger partial charge >= 0.3 is 0 Å². The Morgan fingerprint density at radius 3 is 2.26 bits per heavy atom. The number of aromatic nitrogens is 2. The van der Waals surface area contributed by atoms with Crippen LogP contribution in [0.4, 0.5) is 0 Å². The van der Waals surface area contributed by atoms with E-state index >= 15 is 0 Å². The second-order valence-electron chi connectivity index (χ2n) is 7.08. The first-order valence-electron chi connectivity index (χ1n) is 9.37. The van der Waals surface area contributed by atoms with Crippen LogP contribution in [0.25, 0.3) is 0 Å². The first kappa shape index (κ1) is 20.2. The Morgan fingerprint density at radius 2 is 1.74 bits per heavy atom. The number of aryl methyl sites for hydroxylation is 1. The molecule has 1 saturated heterocycles. The molecule has 0 saturated carbocycles. The maximum Gasteiger partial charge on any atom is 0.247 e. The number of hydrogen-bond acceptors (Lipinski definition) is 3. The Balaban J connectivity index is 1.61. The van der Waals surface area contributed by atoms with Crippen molar-refractivity contribution in [2.45, 2.75) is 39.8 Å². The van der Waals surface area contributed by atoms with Gasteiger partial charge in [0.1, 0.15) is 6.04 Å². The van der Waals surface area contributed by atoms with E-state index in [9.17, 15) is 4.79 Å². The van der Waals surface area contributed by atoms with Gasteiger partial charge in [0.05, 0.1) is 16.4 Å². The molecule has 1 unspecified atom stereocenters. The van der Waals surface area contributed by atoms with Crippen molar-refractivity contribution in [3.05, 3.63) is 51.3 Å². The predicted molar refractivity (Wildman–Crippen MR) is 109 cm³/mol. The van der Waals surface area contributed by atoms with Crippen molar-refractivity contribution in [1.29, 1.82) is 0 Å². The molecule has 1 amide bonds. The van der Waals surface area contributed by atoms with Gasteiger partial charge in [-0.25, -0.2) is 0 Å². The van der Waals surface area contributed by atoms with E-state index in [1.54, 1.807) is 4.68 Å². The van der Waals surface area contributed by atoms with E-state index in [2.05, 4.69) is 22.1 Å². The third-order valence-corrected chi connectivity index (χ3v) is 6.01.